The molecule has 0 saturated heterocycles. The molecule has 1 aromatic carbocycles. The van der Waals surface area contributed by atoms with Crippen LogP contribution < -0.4 is 11.3 Å². The van der Waals surface area contributed by atoms with Crippen molar-refractivity contribution in [3.63, 3.8) is 0 Å². The number of amides is 1. The largest absolute Gasteiger partial charge is 0.338 e. The van der Waals surface area contributed by atoms with Crippen molar-refractivity contribution in [1.29, 1.82) is 0 Å². The number of nitrogens with one attached hydrogen (secondary N) is 1. The number of nitrogens with zero attached hydrogens (tertiary/aromatic N) is 2. The summed E-state index contributed by atoms with van der Waals surface area (Å²) in [6.07, 6.45) is 1.68. The Hall–Kier alpha value is -2.41. The third-order valence-electron chi connectivity index (χ3n) is 2.44. The highest BCUT2D eigenvalue weighted by Crippen LogP contribution is 2.21. The molecular formula is C10H10N4O3. The summed E-state index contributed by atoms with van der Waals surface area (Å²) in [5.41, 5.74) is 2.63. The molecule has 7 heteroatoms. The van der Waals surface area contributed by atoms with E-state index in [1.165, 1.54) is 12.1 Å². The normalized spacial score (nSPS) is 10.4. The number of nitrogens with two attached hydrogens (primary N) is 1. The van der Waals surface area contributed by atoms with E-state index in [1.807, 2.05) is 5.43 Å². The first-order chi connectivity index (χ1) is 8.11. The summed E-state index contributed by atoms with van der Waals surface area (Å²) in [7, 11) is 0. The van der Waals surface area contributed by atoms with Gasteiger partial charge in [-0.2, -0.15) is 0 Å². The molecule has 88 valence electrons. The number of nitro groups is 1. The van der Waals surface area contributed by atoms with E-state index in [-0.39, 0.29) is 18.1 Å². The maximum Gasteiger partial charge on any atom is 0.271 e. The number of carbonyl (C=O) groups excluding carboxylic acids is 1. The van der Waals surface area contributed by atoms with Crippen LogP contribution in [0.3, 0.4) is 0 Å². The molecule has 0 aliphatic carbocycles. The van der Waals surface area contributed by atoms with E-state index in [9.17, 15) is 14.9 Å². The predicted molar refractivity (Wildman–Crippen MR) is 60.9 cm³/mol. The standard InChI is InChI=1S/C10H10N4O3/c11-12-10(15)6-13-4-3-7-1-2-8(14(16)17)5-9(7)13/h1-5H,6,11H2,(H,12,15). The molecule has 2 aromatic rings. The first-order valence-electron chi connectivity index (χ1n) is 4.84. The Balaban J connectivity index is 2.46. The average Bonchev–Trinajstić information content (AvgIpc) is 2.71. The van der Waals surface area contributed by atoms with Crippen molar-refractivity contribution in [3.05, 3.63) is 40.6 Å². The summed E-state index contributed by atoms with van der Waals surface area (Å²) in [5.74, 6) is 4.62. The minimum absolute atomic E-state index is 0.00870. The third kappa shape index (κ3) is 2.08. The number of hydrogen-bond acceptors (Lipinski definition) is 4. The summed E-state index contributed by atoms with van der Waals surface area (Å²) < 4.78 is 1.60. The van der Waals surface area contributed by atoms with Gasteiger partial charge >= 0.3 is 0 Å². The van der Waals surface area contributed by atoms with E-state index in [1.54, 1.807) is 22.9 Å². The second kappa shape index (κ2) is 4.22. The summed E-state index contributed by atoms with van der Waals surface area (Å²) >= 11 is 0. The molecule has 2 rings (SSSR count). The van der Waals surface area contributed by atoms with E-state index in [0.29, 0.717) is 5.52 Å². The number of hydrogen-bond donors (Lipinski definition) is 2. The van der Waals surface area contributed by atoms with E-state index < -0.39 is 4.92 Å². The number of fused-ring (bicyclic) bond motifs is 1. The van der Waals surface area contributed by atoms with Crippen molar-refractivity contribution in [2.75, 3.05) is 0 Å². The molecule has 0 atom stereocenters. The van der Waals surface area contributed by atoms with E-state index in [4.69, 9.17) is 5.84 Å². The van der Waals surface area contributed by atoms with Crippen LogP contribution in [0.25, 0.3) is 10.9 Å². The Morgan fingerprint density at radius 2 is 2.24 bits per heavy atom. The Morgan fingerprint density at radius 3 is 2.88 bits per heavy atom. The van der Waals surface area contributed by atoms with Gasteiger partial charge in [-0.15, -0.1) is 0 Å². The molecular weight excluding hydrogens is 224 g/mol. The number of nitro benzene ring substituents is 1. The highest BCUT2D eigenvalue weighted by Gasteiger charge is 2.10. The Bertz CT molecular complexity index is 590. The minimum atomic E-state index is -0.472. The van der Waals surface area contributed by atoms with Gasteiger partial charge < -0.3 is 4.57 Å². The summed E-state index contributed by atoms with van der Waals surface area (Å²) in [6, 6.07) is 6.28. The second-order valence-electron chi connectivity index (χ2n) is 3.51. The third-order valence-corrected chi connectivity index (χ3v) is 2.44. The quantitative estimate of drug-likeness (QED) is 0.350. The van der Waals surface area contributed by atoms with Gasteiger partial charge in [0.05, 0.1) is 10.4 Å². The van der Waals surface area contributed by atoms with Crippen LogP contribution in [-0.4, -0.2) is 15.4 Å². The number of carbonyl (C=O) groups is 1. The fourth-order valence-electron chi connectivity index (χ4n) is 1.62. The van der Waals surface area contributed by atoms with Crippen molar-refractivity contribution >= 4 is 22.5 Å². The molecule has 3 N–H and O–H groups in total. The number of hydrazine groups is 1. The van der Waals surface area contributed by atoms with Gasteiger partial charge in [-0.3, -0.25) is 20.3 Å². The fraction of sp³-hybridized carbons (Fsp3) is 0.100. The highest BCUT2D eigenvalue weighted by molar-refractivity contribution is 5.84. The SMILES string of the molecule is NNC(=O)Cn1ccc2ccc([N+](=O)[O-])cc21. The smallest absolute Gasteiger partial charge is 0.271 e. The van der Waals surface area contributed by atoms with Crippen LogP contribution in [0.5, 0.6) is 0 Å². The van der Waals surface area contributed by atoms with Gasteiger partial charge in [0.2, 0.25) is 0 Å². The van der Waals surface area contributed by atoms with Crippen molar-refractivity contribution in [2.24, 2.45) is 5.84 Å². The van der Waals surface area contributed by atoms with E-state index in [0.717, 1.165) is 5.39 Å². The molecule has 0 radical (unpaired) electrons. The summed E-state index contributed by atoms with van der Waals surface area (Å²) in [4.78, 5) is 21.3. The van der Waals surface area contributed by atoms with Gasteiger partial charge in [-0.05, 0) is 12.1 Å². The monoisotopic (exact) mass is 234 g/mol. The molecule has 0 fully saturated rings. The van der Waals surface area contributed by atoms with Gasteiger partial charge in [0.1, 0.15) is 6.54 Å². The van der Waals surface area contributed by atoms with Crippen LogP contribution >= 0.6 is 0 Å². The minimum Gasteiger partial charge on any atom is -0.338 e. The first kappa shape index (κ1) is 11.1. The lowest BCUT2D eigenvalue weighted by atomic mass is 10.2. The van der Waals surface area contributed by atoms with Crippen molar-refractivity contribution < 1.29 is 9.72 Å². The zero-order valence-corrected chi connectivity index (χ0v) is 8.79. The van der Waals surface area contributed by atoms with Crippen LogP contribution in [0, 0.1) is 10.1 Å². The molecule has 0 bridgehead atoms. The van der Waals surface area contributed by atoms with Gasteiger partial charge in [-0.1, -0.05) is 0 Å². The Labute approximate surface area is 95.9 Å². The van der Waals surface area contributed by atoms with Gasteiger partial charge in [-0.25, -0.2) is 5.84 Å². The molecule has 17 heavy (non-hydrogen) atoms. The lowest BCUT2D eigenvalue weighted by Gasteiger charge is -2.03. The number of non-ortho nitro benzene ring substituents is 1. The summed E-state index contributed by atoms with van der Waals surface area (Å²) in [5, 5.41) is 11.5. The molecule has 0 aliphatic rings. The topological polar surface area (TPSA) is 103 Å². The highest BCUT2D eigenvalue weighted by atomic mass is 16.6. The van der Waals surface area contributed by atoms with Crippen LogP contribution in [0.15, 0.2) is 30.5 Å². The van der Waals surface area contributed by atoms with Crippen molar-refractivity contribution in [1.82, 2.24) is 9.99 Å². The van der Waals surface area contributed by atoms with Crippen LogP contribution in [0.2, 0.25) is 0 Å². The molecule has 0 spiro atoms. The zero-order chi connectivity index (χ0) is 12.4. The fourth-order valence-corrected chi connectivity index (χ4v) is 1.62. The Morgan fingerprint density at radius 1 is 1.47 bits per heavy atom. The van der Waals surface area contributed by atoms with Gasteiger partial charge in [0.15, 0.2) is 0 Å². The van der Waals surface area contributed by atoms with Gasteiger partial charge in [0.25, 0.3) is 11.6 Å². The summed E-state index contributed by atoms with van der Waals surface area (Å²) in [6.45, 7) is 0.0289. The van der Waals surface area contributed by atoms with Crippen molar-refractivity contribution in [2.45, 2.75) is 6.54 Å². The molecule has 7 nitrogen and oxygen atoms in total. The molecule has 1 heterocycles. The maximum atomic E-state index is 11.2. The molecule has 0 unspecified atom stereocenters. The van der Waals surface area contributed by atoms with E-state index >= 15 is 0 Å². The lowest BCUT2D eigenvalue weighted by Crippen LogP contribution is -2.33. The van der Waals surface area contributed by atoms with E-state index in [2.05, 4.69) is 0 Å². The van der Waals surface area contributed by atoms with Crippen LogP contribution in [0.4, 0.5) is 5.69 Å². The van der Waals surface area contributed by atoms with Crippen LogP contribution in [-0.2, 0) is 11.3 Å². The first-order valence-corrected chi connectivity index (χ1v) is 4.84. The predicted octanol–water partition coefficient (Wildman–Crippen LogP) is 0.539. The molecule has 1 aromatic heterocycles. The second-order valence-corrected chi connectivity index (χ2v) is 3.51. The average molecular weight is 234 g/mol. The Kier molecular flexibility index (Phi) is 2.75. The van der Waals surface area contributed by atoms with Crippen molar-refractivity contribution in [3.8, 4) is 0 Å². The molecule has 1 amide bonds. The number of benzene rings is 1. The molecule has 0 aliphatic heterocycles. The molecule has 0 saturated carbocycles. The number of aromatic nitrogens is 1. The van der Waals surface area contributed by atoms with Gasteiger partial charge in [0, 0.05) is 23.7 Å². The zero-order valence-electron chi connectivity index (χ0n) is 8.79. The van der Waals surface area contributed by atoms with Crippen LogP contribution in [0.1, 0.15) is 0 Å². The lowest BCUT2D eigenvalue weighted by molar-refractivity contribution is -0.384. The maximum absolute atomic E-state index is 11.2. The number of rotatable bonds is 3.